The fourth-order valence-corrected chi connectivity index (χ4v) is 3.13. The Morgan fingerprint density at radius 3 is 2.43 bits per heavy atom. The second kappa shape index (κ2) is 7.95. The maximum Gasteiger partial charge on any atom is 0.0717 e. The van der Waals surface area contributed by atoms with E-state index in [2.05, 4.69) is 56.4 Å². The van der Waals surface area contributed by atoms with Crippen molar-refractivity contribution in [1.29, 1.82) is 0 Å². The van der Waals surface area contributed by atoms with Gasteiger partial charge in [0.1, 0.15) is 0 Å². The van der Waals surface area contributed by atoms with Crippen molar-refractivity contribution in [3.8, 4) is 0 Å². The van der Waals surface area contributed by atoms with Gasteiger partial charge in [-0.25, -0.2) is 0 Å². The summed E-state index contributed by atoms with van der Waals surface area (Å²) in [5.74, 6) is 1.49. The Hall–Kier alpha value is -0.860. The van der Waals surface area contributed by atoms with Crippen molar-refractivity contribution in [1.82, 2.24) is 5.32 Å². The molecule has 1 fully saturated rings. The molecule has 2 rings (SSSR count). The van der Waals surface area contributed by atoms with Gasteiger partial charge in [0.2, 0.25) is 0 Å². The van der Waals surface area contributed by atoms with Crippen LogP contribution < -0.4 is 5.32 Å². The number of nitrogens with one attached hydrogen (secondary N) is 1. The average Bonchev–Trinajstić information content (AvgIpc) is 2.96. The zero-order valence-corrected chi connectivity index (χ0v) is 13.9. The number of hydrogen-bond donors (Lipinski definition) is 1. The molecule has 1 N–H and O–H groups in total. The molecule has 1 aliphatic carbocycles. The highest BCUT2D eigenvalue weighted by Gasteiger charge is 2.26. The predicted octanol–water partition coefficient (Wildman–Crippen LogP) is 4.40. The Bertz CT molecular complexity index is 390. The van der Waals surface area contributed by atoms with E-state index in [0.717, 1.165) is 25.7 Å². The van der Waals surface area contributed by atoms with E-state index in [1.54, 1.807) is 0 Å². The molecule has 0 amide bonds. The zero-order chi connectivity index (χ0) is 15.1. The first-order valence-corrected chi connectivity index (χ1v) is 8.41. The van der Waals surface area contributed by atoms with Gasteiger partial charge in [0.25, 0.3) is 0 Å². The lowest BCUT2D eigenvalue weighted by Crippen LogP contribution is -2.41. The fraction of sp³-hybridized carbons (Fsp3) is 0.684. The molecule has 0 aliphatic heterocycles. The molecule has 0 saturated heterocycles. The molecule has 1 aliphatic rings. The van der Waals surface area contributed by atoms with Crippen molar-refractivity contribution in [2.75, 3.05) is 13.2 Å². The molecule has 118 valence electrons. The van der Waals surface area contributed by atoms with Crippen LogP contribution in [0.4, 0.5) is 0 Å². The molecular weight excluding hydrogens is 258 g/mol. The first kappa shape index (κ1) is 16.5. The third kappa shape index (κ3) is 6.19. The number of hydrogen-bond acceptors (Lipinski definition) is 2. The Morgan fingerprint density at radius 2 is 1.81 bits per heavy atom. The molecule has 1 atom stereocenters. The van der Waals surface area contributed by atoms with Crippen molar-refractivity contribution in [3.05, 3.63) is 35.9 Å². The van der Waals surface area contributed by atoms with Gasteiger partial charge < -0.3 is 10.1 Å². The van der Waals surface area contributed by atoms with Crippen molar-refractivity contribution >= 4 is 0 Å². The summed E-state index contributed by atoms with van der Waals surface area (Å²) in [5, 5.41) is 3.67. The summed E-state index contributed by atoms with van der Waals surface area (Å²) in [4.78, 5) is 0. The van der Waals surface area contributed by atoms with Gasteiger partial charge in [0, 0.05) is 12.1 Å². The Kier molecular flexibility index (Phi) is 6.25. The molecule has 1 saturated carbocycles. The lowest BCUT2D eigenvalue weighted by molar-refractivity contribution is 0.0636. The normalized spacial score (nSPS) is 18.0. The van der Waals surface area contributed by atoms with E-state index in [1.807, 2.05) is 0 Å². The molecule has 21 heavy (non-hydrogen) atoms. The molecule has 0 spiro atoms. The van der Waals surface area contributed by atoms with Crippen LogP contribution in [0.25, 0.3) is 0 Å². The third-order valence-electron chi connectivity index (χ3n) is 4.40. The van der Waals surface area contributed by atoms with Crippen molar-refractivity contribution < 1.29 is 4.74 Å². The summed E-state index contributed by atoms with van der Waals surface area (Å²) >= 11 is 0. The van der Waals surface area contributed by atoms with E-state index in [1.165, 1.54) is 31.2 Å². The molecule has 1 aromatic carbocycles. The van der Waals surface area contributed by atoms with Gasteiger partial charge in [0.15, 0.2) is 0 Å². The highest BCUT2D eigenvalue weighted by atomic mass is 16.5. The number of ether oxygens (including phenoxy) is 1. The molecule has 1 aromatic rings. The summed E-state index contributed by atoms with van der Waals surface area (Å²) in [7, 11) is 0. The fourth-order valence-electron chi connectivity index (χ4n) is 3.13. The summed E-state index contributed by atoms with van der Waals surface area (Å²) < 4.78 is 6.02. The predicted molar refractivity (Wildman–Crippen MR) is 89.3 cm³/mol. The average molecular weight is 289 g/mol. The van der Waals surface area contributed by atoms with E-state index in [9.17, 15) is 0 Å². The van der Waals surface area contributed by atoms with E-state index >= 15 is 0 Å². The van der Waals surface area contributed by atoms with Gasteiger partial charge in [-0.05, 0) is 38.2 Å². The van der Waals surface area contributed by atoms with Crippen LogP contribution in [0, 0.1) is 11.8 Å². The van der Waals surface area contributed by atoms with Crippen LogP contribution in [-0.4, -0.2) is 18.7 Å². The quantitative estimate of drug-likeness (QED) is 0.803. The van der Waals surface area contributed by atoms with Gasteiger partial charge in [-0.15, -0.1) is 0 Å². The number of benzene rings is 1. The molecule has 2 nitrogen and oxygen atoms in total. The summed E-state index contributed by atoms with van der Waals surface area (Å²) in [6, 6.07) is 10.5. The van der Waals surface area contributed by atoms with Crippen molar-refractivity contribution in [2.24, 2.45) is 11.8 Å². The Labute approximate surface area is 130 Å². The van der Waals surface area contributed by atoms with Crippen LogP contribution in [0.1, 0.15) is 52.0 Å². The summed E-state index contributed by atoms with van der Waals surface area (Å²) in [5.41, 5.74) is 1.46. The van der Waals surface area contributed by atoms with Crippen LogP contribution in [0.2, 0.25) is 0 Å². The molecule has 0 heterocycles. The Balaban J connectivity index is 1.80. The van der Waals surface area contributed by atoms with Crippen molar-refractivity contribution in [2.45, 2.75) is 58.6 Å². The molecule has 0 bridgehead atoms. The van der Waals surface area contributed by atoms with Crippen LogP contribution >= 0.6 is 0 Å². The Morgan fingerprint density at radius 1 is 1.14 bits per heavy atom. The van der Waals surface area contributed by atoms with E-state index in [-0.39, 0.29) is 5.54 Å². The molecular formula is C19H31NO. The number of rotatable bonds is 7. The topological polar surface area (TPSA) is 21.3 Å². The van der Waals surface area contributed by atoms with E-state index in [4.69, 9.17) is 4.74 Å². The minimum atomic E-state index is 0.191. The maximum atomic E-state index is 6.02. The highest BCUT2D eigenvalue weighted by molar-refractivity contribution is 5.13. The van der Waals surface area contributed by atoms with Gasteiger partial charge in [0.05, 0.1) is 13.2 Å². The van der Waals surface area contributed by atoms with Crippen LogP contribution in [-0.2, 0) is 11.3 Å². The van der Waals surface area contributed by atoms with Crippen LogP contribution in [0.3, 0.4) is 0 Å². The SMILES string of the molecule is CC(C)(C)NCC(COCc1ccccc1)C1CCCC1. The summed E-state index contributed by atoms with van der Waals surface area (Å²) in [6.07, 6.45) is 5.56. The molecule has 0 radical (unpaired) electrons. The lowest BCUT2D eigenvalue weighted by Gasteiger charge is -2.28. The van der Waals surface area contributed by atoms with E-state index in [0.29, 0.717) is 5.92 Å². The van der Waals surface area contributed by atoms with Gasteiger partial charge >= 0.3 is 0 Å². The van der Waals surface area contributed by atoms with Crippen molar-refractivity contribution in [3.63, 3.8) is 0 Å². The molecule has 1 unspecified atom stereocenters. The monoisotopic (exact) mass is 289 g/mol. The smallest absolute Gasteiger partial charge is 0.0717 e. The minimum Gasteiger partial charge on any atom is -0.376 e. The van der Waals surface area contributed by atoms with Crippen LogP contribution in [0.5, 0.6) is 0 Å². The highest BCUT2D eigenvalue weighted by Crippen LogP contribution is 2.31. The largest absolute Gasteiger partial charge is 0.376 e. The molecule has 0 aromatic heterocycles. The van der Waals surface area contributed by atoms with Crippen LogP contribution in [0.15, 0.2) is 30.3 Å². The van der Waals surface area contributed by atoms with Gasteiger partial charge in [-0.2, -0.15) is 0 Å². The second-order valence-corrected chi connectivity index (χ2v) is 7.44. The minimum absolute atomic E-state index is 0.191. The third-order valence-corrected chi connectivity index (χ3v) is 4.40. The second-order valence-electron chi connectivity index (χ2n) is 7.44. The lowest BCUT2D eigenvalue weighted by atomic mass is 9.90. The standard InChI is InChI=1S/C19H31NO/c1-19(2,3)20-13-18(17-11-7-8-12-17)15-21-14-16-9-5-4-6-10-16/h4-6,9-10,17-18,20H,7-8,11-15H2,1-3H3. The first-order chi connectivity index (χ1) is 10.0. The molecule has 2 heteroatoms. The summed E-state index contributed by atoms with van der Waals surface area (Å²) in [6.45, 7) is 9.40. The van der Waals surface area contributed by atoms with E-state index < -0.39 is 0 Å². The maximum absolute atomic E-state index is 6.02. The zero-order valence-electron chi connectivity index (χ0n) is 13.9. The van der Waals surface area contributed by atoms with Gasteiger partial charge in [-0.1, -0.05) is 56.0 Å². The first-order valence-electron chi connectivity index (χ1n) is 8.41. The van der Waals surface area contributed by atoms with Gasteiger partial charge in [-0.3, -0.25) is 0 Å².